The minimum atomic E-state index is 0.654. The second-order valence-electron chi connectivity index (χ2n) is 4.70. The molecule has 0 radical (unpaired) electrons. The van der Waals surface area contributed by atoms with Gasteiger partial charge in [-0.3, -0.25) is 4.90 Å². The molecule has 0 saturated carbocycles. The van der Waals surface area contributed by atoms with Crippen LogP contribution in [0.15, 0.2) is 0 Å². The fourth-order valence-corrected chi connectivity index (χ4v) is 2.78. The number of hydrogen-bond donors (Lipinski definition) is 1. The summed E-state index contributed by atoms with van der Waals surface area (Å²) >= 11 is 4.92. The Morgan fingerprint density at radius 3 is 2.93 bits per heavy atom. The largest absolute Gasteiger partial charge is 0.393 e. The van der Waals surface area contributed by atoms with Gasteiger partial charge in [0.15, 0.2) is 0 Å². The molecule has 4 heteroatoms. The monoisotopic (exact) mass is 227 g/mol. The van der Waals surface area contributed by atoms with E-state index in [0.29, 0.717) is 4.99 Å². The van der Waals surface area contributed by atoms with Crippen LogP contribution in [0.3, 0.4) is 0 Å². The molecule has 3 nitrogen and oxygen atoms in total. The summed E-state index contributed by atoms with van der Waals surface area (Å²) in [7, 11) is 0. The third-order valence-electron chi connectivity index (χ3n) is 3.60. The fraction of sp³-hybridized carbons (Fsp3) is 0.909. The summed E-state index contributed by atoms with van der Waals surface area (Å²) in [5.41, 5.74) is 5.54. The Morgan fingerprint density at radius 2 is 2.13 bits per heavy atom. The molecule has 2 aliphatic heterocycles. The van der Waals surface area contributed by atoms with E-state index in [4.69, 9.17) is 18.0 Å². The molecule has 2 heterocycles. The number of thiocarbonyl (C=S) groups is 1. The number of nitrogens with zero attached hydrogens (tertiary/aromatic N) is 2. The van der Waals surface area contributed by atoms with Crippen LogP contribution in [0.2, 0.25) is 0 Å². The summed E-state index contributed by atoms with van der Waals surface area (Å²) in [6.45, 7) is 6.03. The van der Waals surface area contributed by atoms with Gasteiger partial charge in [-0.1, -0.05) is 18.6 Å². The summed E-state index contributed by atoms with van der Waals surface area (Å²) in [6.07, 6.45) is 5.05. The van der Waals surface area contributed by atoms with Crippen LogP contribution in [0.1, 0.15) is 25.7 Å². The Balaban J connectivity index is 1.78. The lowest BCUT2D eigenvalue weighted by Crippen LogP contribution is -2.55. The molecule has 1 atom stereocenters. The van der Waals surface area contributed by atoms with Crippen LogP contribution in [0, 0.1) is 0 Å². The lowest BCUT2D eigenvalue weighted by molar-refractivity contribution is 0.0509. The maximum Gasteiger partial charge on any atom is 0.0740 e. The van der Waals surface area contributed by atoms with Crippen molar-refractivity contribution in [3.8, 4) is 0 Å². The molecule has 2 rings (SSSR count). The van der Waals surface area contributed by atoms with Crippen LogP contribution in [-0.4, -0.2) is 53.6 Å². The van der Waals surface area contributed by atoms with Gasteiger partial charge in [0.1, 0.15) is 0 Å². The standard InChI is InChI=1S/C11H21N3S/c12-11(15)4-6-13-7-8-14-5-2-1-3-10(14)9-13/h10H,1-9H2,(H2,12,15). The summed E-state index contributed by atoms with van der Waals surface area (Å²) in [4.78, 5) is 5.83. The number of piperazine rings is 1. The average Bonchev–Trinajstić information content (AvgIpc) is 2.26. The zero-order valence-corrected chi connectivity index (χ0v) is 10.1. The third kappa shape index (κ3) is 3.13. The minimum absolute atomic E-state index is 0.654. The first-order chi connectivity index (χ1) is 7.25. The topological polar surface area (TPSA) is 32.5 Å². The molecule has 15 heavy (non-hydrogen) atoms. The van der Waals surface area contributed by atoms with E-state index in [1.165, 1.54) is 45.4 Å². The lowest BCUT2D eigenvalue weighted by atomic mass is 9.99. The van der Waals surface area contributed by atoms with E-state index < -0.39 is 0 Å². The SMILES string of the molecule is NC(=S)CCN1CCN2CCCCC2C1. The highest BCUT2D eigenvalue weighted by Crippen LogP contribution is 2.20. The van der Waals surface area contributed by atoms with Crippen LogP contribution in [-0.2, 0) is 0 Å². The van der Waals surface area contributed by atoms with Gasteiger partial charge in [-0.05, 0) is 19.4 Å². The second kappa shape index (κ2) is 5.23. The predicted molar refractivity (Wildman–Crippen MR) is 67.1 cm³/mol. The molecule has 1 unspecified atom stereocenters. The second-order valence-corrected chi connectivity index (χ2v) is 5.23. The smallest absolute Gasteiger partial charge is 0.0740 e. The summed E-state index contributed by atoms with van der Waals surface area (Å²) in [5, 5.41) is 0. The highest BCUT2D eigenvalue weighted by atomic mass is 32.1. The maximum absolute atomic E-state index is 5.54. The Morgan fingerprint density at radius 1 is 1.27 bits per heavy atom. The number of hydrogen-bond acceptors (Lipinski definition) is 3. The van der Waals surface area contributed by atoms with E-state index in [0.717, 1.165) is 19.0 Å². The zero-order chi connectivity index (χ0) is 10.7. The Kier molecular flexibility index (Phi) is 3.94. The van der Waals surface area contributed by atoms with E-state index in [2.05, 4.69) is 9.80 Å². The molecule has 0 amide bonds. The highest BCUT2D eigenvalue weighted by Gasteiger charge is 2.28. The number of fused-ring (bicyclic) bond motifs is 1. The molecule has 0 aromatic rings. The van der Waals surface area contributed by atoms with Crippen LogP contribution >= 0.6 is 12.2 Å². The Labute approximate surface area is 97.6 Å². The Hall–Kier alpha value is -0.190. The summed E-state index contributed by atoms with van der Waals surface area (Å²) in [5.74, 6) is 0. The van der Waals surface area contributed by atoms with Crippen LogP contribution < -0.4 is 5.73 Å². The lowest BCUT2D eigenvalue weighted by Gasteiger charge is -2.44. The molecule has 2 saturated heterocycles. The molecule has 2 fully saturated rings. The van der Waals surface area contributed by atoms with Gasteiger partial charge in [-0.2, -0.15) is 0 Å². The highest BCUT2D eigenvalue weighted by molar-refractivity contribution is 7.80. The first-order valence-electron chi connectivity index (χ1n) is 6.00. The van der Waals surface area contributed by atoms with Gasteiger partial charge in [-0.15, -0.1) is 0 Å². The van der Waals surface area contributed by atoms with E-state index in [1.54, 1.807) is 0 Å². The number of piperidine rings is 1. The van der Waals surface area contributed by atoms with Gasteiger partial charge < -0.3 is 10.6 Å². The van der Waals surface area contributed by atoms with Crippen molar-refractivity contribution in [1.29, 1.82) is 0 Å². The molecule has 0 spiro atoms. The molecule has 2 N–H and O–H groups in total. The number of rotatable bonds is 3. The molecule has 2 aliphatic rings. The zero-order valence-electron chi connectivity index (χ0n) is 9.32. The predicted octanol–water partition coefficient (Wildman–Crippen LogP) is 0.833. The average molecular weight is 227 g/mol. The van der Waals surface area contributed by atoms with Gasteiger partial charge in [-0.25, -0.2) is 0 Å². The van der Waals surface area contributed by atoms with Crippen LogP contribution in [0.25, 0.3) is 0 Å². The molecular formula is C11H21N3S. The van der Waals surface area contributed by atoms with Crippen molar-refractivity contribution >= 4 is 17.2 Å². The van der Waals surface area contributed by atoms with E-state index in [9.17, 15) is 0 Å². The molecule has 86 valence electrons. The van der Waals surface area contributed by atoms with Crippen molar-refractivity contribution in [3.05, 3.63) is 0 Å². The quantitative estimate of drug-likeness (QED) is 0.724. The summed E-state index contributed by atoms with van der Waals surface area (Å²) in [6, 6.07) is 0.804. The van der Waals surface area contributed by atoms with Gasteiger partial charge in [0.05, 0.1) is 4.99 Å². The normalized spacial score (nSPS) is 28.7. The van der Waals surface area contributed by atoms with Crippen molar-refractivity contribution in [2.75, 3.05) is 32.7 Å². The van der Waals surface area contributed by atoms with E-state index in [1.807, 2.05) is 0 Å². The van der Waals surface area contributed by atoms with Crippen molar-refractivity contribution in [1.82, 2.24) is 9.80 Å². The molecule has 0 bridgehead atoms. The van der Waals surface area contributed by atoms with Crippen molar-refractivity contribution in [3.63, 3.8) is 0 Å². The van der Waals surface area contributed by atoms with Crippen molar-refractivity contribution in [2.24, 2.45) is 5.73 Å². The summed E-state index contributed by atoms with van der Waals surface area (Å²) < 4.78 is 0. The first kappa shape index (κ1) is 11.3. The van der Waals surface area contributed by atoms with E-state index >= 15 is 0 Å². The third-order valence-corrected chi connectivity index (χ3v) is 3.80. The number of nitrogens with two attached hydrogens (primary N) is 1. The van der Waals surface area contributed by atoms with Crippen LogP contribution in [0.4, 0.5) is 0 Å². The molecule has 0 aromatic carbocycles. The van der Waals surface area contributed by atoms with E-state index in [-0.39, 0.29) is 0 Å². The van der Waals surface area contributed by atoms with Crippen LogP contribution in [0.5, 0.6) is 0 Å². The fourth-order valence-electron chi connectivity index (χ4n) is 2.69. The van der Waals surface area contributed by atoms with Crippen molar-refractivity contribution < 1.29 is 0 Å². The van der Waals surface area contributed by atoms with Gasteiger partial charge in [0.2, 0.25) is 0 Å². The molecule has 0 aromatic heterocycles. The molecular weight excluding hydrogens is 206 g/mol. The van der Waals surface area contributed by atoms with Crippen molar-refractivity contribution in [2.45, 2.75) is 31.7 Å². The Bertz CT molecular complexity index is 232. The first-order valence-corrected chi connectivity index (χ1v) is 6.41. The van der Waals surface area contributed by atoms with Gasteiger partial charge in [0, 0.05) is 38.6 Å². The van der Waals surface area contributed by atoms with Gasteiger partial charge in [0.25, 0.3) is 0 Å². The molecule has 0 aliphatic carbocycles. The maximum atomic E-state index is 5.54. The minimum Gasteiger partial charge on any atom is -0.393 e. The van der Waals surface area contributed by atoms with Gasteiger partial charge >= 0.3 is 0 Å².